The van der Waals surface area contributed by atoms with Crippen molar-refractivity contribution in [2.45, 2.75) is 95.7 Å². The highest BCUT2D eigenvalue weighted by atomic mass is 16.6. The van der Waals surface area contributed by atoms with E-state index in [-0.39, 0.29) is 0 Å². The van der Waals surface area contributed by atoms with Gasteiger partial charge in [-0.05, 0) is 102 Å². The Morgan fingerprint density at radius 3 is 2.53 bits per heavy atom. The Balaban J connectivity index is 1.12. The van der Waals surface area contributed by atoms with Gasteiger partial charge >= 0.3 is 6.09 Å². The molecule has 43 heavy (non-hydrogen) atoms. The summed E-state index contributed by atoms with van der Waals surface area (Å²) in [6.45, 7) is 6.71. The Morgan fingerprint density at radius 2 is 1.77 bits per heavy atom. The maximum atomic E-state index is 12.8. The number of ether oxygens (including phenoxy) is 1. The number of nitrogens with zero attached hydrogens (tertiary/aromatic N) is 2. The van der Waals surface area contributed by atoms with Crippen LogP contribution < -0.4 is 10.6 Å². The minimum atomic E-state index is -0.558. The molecule has 0 spiro atoms. The fraction of sp³-hybridized carbons (Fsp3) is 0.457. The number of benzene rings is 2. The van der Waals surface area contributed by atoms with Gasteiger partial charge in [0.2, 0.25) is 0 Å². The maximum absolute atomic E-state index is 12.8. The Hall–Kier alpha value is -4.09. The zero-order valence-electron chi connectivity index (χ0n) is 25.3. The lowest BCUT2D eigenvalue weighted by Gasteiger charge is -2.36. The molecule has 3 aliphatic rings. The number of aryl methyl sites for hydroxylation is 2. The van der Waals surface area contributed by atoms with Crippen molar-refractivity contribution in [1.29, 1.82) is 0 Å². The first-order chi connectivity index (χ1) is 20.7. The first-order valence-corrected chi connectivity index (χ1v) is 15.7. The molecule has 2 aromatic carbocycles. The average Bonchev–Trinajstić information content (AvgIpc) is 3.74. The van der Waals surface area contributed by atoms with Crippen LogP contribution in [-0.4, -0.2) is 38.2 Å². The third-order valence-corrected chi connectivity index (χ3v) is 8.93. The van der Waals surface area contributed by atoms with Crippen LogP contribution in [0.2, 0.25) is 0 Å². The molecule has 0 radical (unpaired) electrons. The molecule has 8 heteroatoms. The van der Waals surface area contributed by atoms with Gasteiger partial charge in [0.25, 0.3) is 0 Å². The van der Waals surface area contributed by atoms with E-state index in [4.69, 9.17) is 14.7 Å². The molecule has 2 aromatic heterocycles. The van der Waals surface area contributed by atoms with Gasteiger partial charge in [-0.3, -0.25) is 0 Å². The summed E-state index contributed by atoms with van der Waals surface area (Å²) in [6, 6.07) is 12.9. The van der Waals surface area contributed by atoms with Gasteiger partial charge in [0, 0.05) is 22.4 Å². The molecule has 3 heterocycles. The van der Waals surface area contributed by atoms with Crippen molar-refractivity contribution in [3.63, 3.8) is 0 Å². The van der Waals surface area contributed by atoms with Gasteiger partial charge in [-0.1, -0.05) is 37.2 Å². The Bertz CT molecular complexity index is 1740. The number of nitrogens with one attached hydrogen (secondary N) is 4. The summed E-state index contributed by atoms with van der Waals surface area (Å²) in [4.78, 5) is 29.8. The quantitative estimate of drug-likeness (QED) is 0.207. The van der Waals surface area contributed by atoms with E-state index in [1.807, 2.05) is 32.9 Å². The largest absolute Gasteiger partial charge is 0.444 e. The van der Waals surface area contributed by atoms with E-state index in [0.717, 1.165) is 97.4 Å². The van der Waals surface area contributed by atoms with Gasteiger partial charge in [-0.2, -0.15) is 0 Å². The fourth-order valence-corrected chi connectivity index (χ4v) is 6.82. The van der Waals surface area contributed by atoms with E-state index in [1.165, 1.54) is 23.2 Å². The summed E-state index contributed by atoms with van der Waals surface area (Å²) in [5.41, 5.74) is 7.46. The standard InChI is InChI=1S/C35H40N6O2/c1-34(2,3)43-33(42)41-35(17-5-4-6-18-35)32-38-26-15-12-23(21-29(26)39-32)10-9-22-11-14-25-24(20-22)13-16-27-30(25)40-31(37-27)28-8-7-19-36-28/h11-12,14-15,20-21,28,36H,4-8,13,16-19H2,1-3H3,(H,37,40)(H,38,39)(H,41,42). The van der Waals surface area contributed by atoms with E-state index in [2.05, 4.69) is 56.7 Å². The van der Waals surface area contributed by atoms with Gasteiger partial charge in [0.15, 0.2) is 0 Å². The first-order valence-electron chi connectivity index (χ1n) is 15.7. The molecule has 1 unspecified atom stereocenters. The predicted octanol–water partition coefficient (Wildman–Crippen LogP) is 6.56. The van der Waals surface area contributed by atoms with Crippen molar-refractivity contribution in [3.8, 4) is 23.1 Å². The van der Waals surface area contributed by atoms with Crippen LogP contribution in [0.25, 0.3) is 22.3 Å². The number of hydrogen-bond acceptors (Lipinski definition) is 5. The van der Waals surface area contributed by atoms with Crippen LogP contribution in [0, 0.1) is 11.8 Å². The second-order valence-electron chi connectivity index (χ2n) is 13.3. The van der Waals surface area contributed by atoms with E-state index in [1.54, 1.807) is 0 Å². The van der Waals surface area contributed by atoms with Crippen LogP contribution in [0.3, 0.4) is 0 Å². The average molecular weight is 577 g/mol. The van der Waals surface area contributed by atoms with E-state index >= 15 is 0 Å². The molecule has 0 bridgehead atoms. The van der Waals surface area contributed by atoms with Crippen molar-refractivity contribution in [3.05, 3.63) is 70.4 Å². The van der Waals surface area contributed by atoms with Crippen LogP contribution >= 0.6 is 0 Å². The number of fused-ring (bicyclic) bond motifs is 4. The molecule has 7 rings (SSSR count). The smallest absolute Gasteiger partial charge is 0.408 e. The van der Waals surface area contributed by atoms with Gasteiger partial charge in [0.05, 0.1) is 22.8 Å². The second-order valence-corrected chi connectivity index (χ2v) is 13.3. The van der Waals surface area contributed by atoms with Crippen LogP contribution in [0.1, 0.15) is 106 Å². The number of carbonyl (C=O) groups is 1. The molecular weight excluding hydrogens is 536 g/mol. The van der Waals surface area contributed by atoms with Gasteiger partial charge in [-0.15, -0.1) is 0 Å². The number of amides is 1. The third-order valence-electron chi connectivity index (χ3n) is 8.93. The van der Waals surface area contributed by atoms with Crippen molar-refractivity contribution in [1.82, 2.24) is 30.6 Å². The van der Waals surface area contributed by atoms with Crippen molar-refractivity contribution >= 4 is 17.1 Å². The fourth-order valence-electron chi connectivity index (χ4n) is 6.82. The summed E-state index contributed by atoms with van der Waals surface area (Å²) < 4.78 is 5.61. The number of aromatic nitrogens is 4. The first kappa shape index (κ1) is 27.7. The molecule has 2 aliphatic carbocycles. The lowest BCUT2D eigenvalue weighted by Crippen LogP contribution is -2.49. The molecule has 8 nitrogen and oxygen atoms in total. The van der Waals surface area contributed by atoms with Crippen molar-refractivity contribution in [2.75, 3.05) is 6.54 Å². The number of imidazole rings is 2. The van der Waals surface area contributed by atoms with E-state index in [9.17, 15) is 4.79 Å². The predicted molar refractivity (Wildman–Crippen MR) is 168 cm³/mol. The summed E-state index contributed by atoms with van der Waals surface area (Å²) in [5, 5.41) is 6.73. The number of carbonyl (C=O) groups excluding carboxylic acids is 1. The number of aromatic amines is 2. The lowest BCUT2D eigenvalue weighted by atomic mass is 9.81. The monoisotopic (exact) mass is 576 g/mol. The van der Waals surface area contributed by atoms with Crippen molar-refractivity contribution < 1.29 is 9.53 Å². The number of rotatable bonds is 3. The molecule has 1 atom stereocenters. The van der Waals surface area contributed by atoms with Gasteiger partial charge < -0.3 is 25.3 Å². The van der Waals surface area contributed by atoms with E-state index in [0.29, 0.717) is 6.04 Å². The van der Waals surface area contributed by atoms with Crippen molar-refractivity contribution in [2.24, 2.45) is 0 Å². The summed E-state index contributed by atoms with van der Waals surface area (Å²) >= 11 is 0. The van der Waals surface area contributed by atoms with Crippen LogP contribution in [-0.2, 0) is 23.1 Å². The van der Waals surface area contributed by atoms with Crippen LogP contribution in [0.5, 0.6) is 0 Å². The second kappa shape index (κ2) is 10.9. The number of alkyl carbamates (subject to hydrolysis) is 1. The molecule has 4 aromatic rings. The highest BCUT2D eigenvalue weighted by Gasteiger charge is 2.39. The third kappa shape index (κ3) is 5.66. The minimum absolute atomic E-state index is 0.344. The Kier molecular flexibility index (Phi) is 7.01. The topological polar surface area (TPSA) is 108 Å². The molecule has 1 amide bonds. The van der Waals surface area contributed by atoms with Crippen LogP contribution in [0.15, 0.2) is 36.4 Å². The summed E-state index contributed by atoms with van der Waals surface area (Å²) in [5.74, 6) is 8.60. The highest BCUT2D eigenvalue weighted by Crippen LogP contribution is 2.37. The van der Waals surface area contributed by atoms with Gasteiger partial charge in [0.1, 0.15) is 22.8 Å². The lowest BCUT2D eigenvalue weighted by molar-refractivity contribution is 0.0413. The summed E-state index contributed by atoms with van der Waals surface area (Å²) in [7, 11) is 0. The molecule has 2 fully saturated rings. The molecule has 4 N–H and O–H groups in total. The highest BCUT2D eigenvalue weighted by molar-refractivity contribution is 5.78. The Labute approximate surface area is 252 Å². The van der Waals surface area contributed by atoms with Crippen LogP contribution in [0.4, 0.5) is 4.79 Å². The van der Waals surface area contributed by atoms with Gasteiger partial charge in [-0.25, -0.2) is 14.8 Å². The number of hydrogen-bond donors (Lipinski definition) is 4. The molecule has 222 valence electrons. The number of H-pyrrole nitrogens is 2. The zero-order chi connectivity index (χ0) is 29.6. The zero-order valence-corrected chi connectivity index (χ0v) is 25.3. The maximum Gasteiger partial charge on any atom is 0.408 e. The molecule has 1 saturated heterocycles. The minimum Gasteiger partial charge on any atom is -0.444 e. The summed E-state index contributed by atoms with van der Waals surface area (Å²) in [6.07, 6.45) is 8.78. The Morgan fingerprint density at radius 1 is 0.977 bits per heavy atom. The normalized spacial score (nSPS) is 19.3. The SMILES string of the molecule is CC(C)(C)OC(=O)NC1(c2nc3ccc(C#Cc4ccc5c(c4)CCc4[nH]c(C6CCCN6)nc4-5)cc3[nH]2)CCCCC1. The molecular formula is C35H40N6O2. The van der Waals surface area contributed by atoms with E-state index < -0.39 is 17.2 Å². The molecule has 1 aliphatic heterocycles. The molecule has 1 saturated carbocycles.